The maximum atomic E-state index is 11.7. The van der Waals surface area contributed by atoms with Crippen molar-refractivity contribution in [1.82, 2.24) is 4.98 Å². The van der Waals surface area contributed by atoms with E-state index in [1.54, 1.807) is 22.6 Å². The van der Waals surface area contributed by atoms with Crippen LogP contribution in [0.4, 0.5) is 13.2 Å². The van der Waals surface area contributed by atoms with Crippen LogP contribution in [0.2, 0.25) is 0 Å². The third-order valence-electron chi connectivity index (χ3n) is 1.09. The quantitative estimate of drug-likeness (QED) is 0.805. The largest absolute Gasteiger partial charge is 0.573 e. The van der Waals surface area contributed by atoms with Crippen molar-refractivity contribution in [1.29, 1.82) is 0 Å². The molecule has 13 heavy (non-hydrogen) atoms. The Bertz CT molecular complexity index is 360. The van der Waals surface area contributed by atoms with Crippen LogP contribution >= 0.6 is 22.6 Å². The molecule has 0 aliphatic rings. The van der Waals surface area contributed by atoms with Gasteiger partial charge >= 0.3 is 6.36 Å². The molecular formula is C6H3F3INO2. The molecule has 0 spiro atoms. The highest BCUT2D eigenvalue weighted by Crippen LogP contribution is 2.19. The predicted octanol–water partition coefficient (Wildman–Crippen LogP) is 1.88. The van der Waals surface area contributed by atoms with E-state index in [1.807, 2.05) is 0 Å². The molecule has 0 aliphatic heterocycles. The van der Waals surface area contributed by atoms with E-state index in [0.717, 1.165) is 6.20 Å². The van der Waals surface area contributed by atoms with Gasteiger partial charge in [0.2, 0.25) is 5.43 Å². The van der Waals surface area contributed by atoms with E-state index in [9.17, 15) is 18.0 Å². The number of aromatic amines is 1. The van der Waals surface area contributed by atoms with E-state index < -0.39 is 17.5 Å². The van der Waals surface area contributed by atoms with Gasteiger partial charge in [-0.3, -0.25) is 4.79 Å². The van der Waals surface area contributed by atoms with Gasteiger partial charge in [0.1, 0.15) is 0 Å². The zero-order valence-corrected chi connectivity index (χ0v) is 8.14. The summed E-state index contributed by atoms with van der Waals surface area (Å²) in [5.41, 5.74) is -0.781. The SMILES string of the molecule is O=c1c(I)c[nH]cc1OC(F)(F)F. The topological polar surface area (TPSA) is 42.1 Å². The third-order valence-corrected chi connectivity index (χ3v) is 1.89. The average Bonchev–Trinajstić information content (AvgIpc) is 1.96. The average molecular weight is 305 g/mol. The van der Waals surface area contributed by atoms with Crippen molar-refractivity contribution < 1.29 is 17.9 Å². The molecule has 0 saturated heterocycles. The number of pyridine rings is 1. The Labute approximate surface area is 84.0 Å². The Morgan fingerprint density at radius 1 is 1.38 bits per heavy atom. The van der Waals surface area contributed by atoms with Gasteiger partial charge in [-0.25, -0.2) is 0 Å². The van der Waals surface area contributed by atoms with Gasteiger partial charge in [0.25, 0.3) is 0 Å². The molecule has 0 aromatic carbocycles. The maximum Gasteiger partial charge on any atom is 0.573 e. The number of aromatic nitrogens is 1. The number of ether oxygens (including phenoxy) is 1. The summed E-state index contributed by atoms with van der Waals surface area (Å²) < 4.78 is 38.6. The molecule has 0 amide bonds. The highest BCUT2D eigenvalue weighted by Gasteiger charge is 2.32. The Morgan fingerprint density at radius 3 is 2.54 bits per heavy atom. The van der Waals surface area contributed by atoms with Crippen molar-refractivity contribution in [3.63, 3.8) is 0 Å². The summed E-state index contributed by atoms with van der Waals surface area (Å²) in [6.07, 6.45) is -2.69. The van der Waals surface area contributed by atoms with Gasteiger partial charge in [0, 0.05) is 12.4 Å². The van der Waals surface area contributed by atoms with Crippen molar-refractivity contribution in [2.45, 2.75) is 6.36 Å². The monoisotopic (exact) mass is 305 g/mol. The van der Waals surface area contributed by atoms with E-state index in [1.165, 1.54) is 6.20 Å². The molecule has 1 aromatic rings. The molecule has 72 valence electrons. The molecule has 3 nitrogen and oxygen atoms in total. The minimum absolute atomic E-state index is 0.138. The fourth-order valence-corrected chi connectivity index (χ4v) is 1.09. The number of halogens is 4. The van der Waals surface area contributed by atoms with Crippen LogP contribution in [0.15, 0.2) is 17.2 Å². The van der Waals surface area contributed by atoms with Crippen molar-refractivity contribution in [3.8, 4) is 5.75 Å². The minimum Gasteiger partial charge on any atom is -0.400 e. The fourth-order valence-electron chi connectivity index (χ4n) is 0.640. The number of hydrogen-bond acceptors (Lipinski definition) is 2. The van der Waals surface area contributed by atoms with Gasteiger partial charge in [0.15, 0.2) is 5.75 Å². The number of alkyl halides is 3. The molecule has 0 saturated carbocycles. The normalized spacial score (nSPS) is 11.4. The second-order valence-corrected chi connectivity index (χ2v) is 3.21. The maximum absolute atomic E-state index is 11.7. The van der Waals surface area contributed by atoms with Crippen LogP contribution in [0.1, 0.15) is 0 Å². The Balaban J connectivity index is 3.03. The lowest BCUT2D eigenvalue weighted by Crippen LogP contribution is -2.22. The molecule has 0 unspecified atom stereocenters. The van der Waals surface area contributed by atoms with Gasteiger partial charge < -0.3 is 9.72 Å². The zero-order chi connectivity index (χ0) is 10.1. The summed E-state index contributed by atoms with van der Waals surface area (Å²) in [6.45, 7) is 0. The third kappa shape index (κ3) is 2.90. The molecule has 0 atom stereocenters. The smallest absolute Gasteiger partial charge is 0.400 e. The number of H-pyrrole nitrogens is 1. The molecule has 1 rings (SSSR count). The molecule has 7 heteroatoms. The molecule has 0 bridgehead atoms. The first-order chi connectivity index (χ1) is 5.90. The lowest BCUT2D eigenvalue weighted by Gasteiger charge is -2.07. The van der Waals surface area contributed by atoms with E-state index in [2.05, 4.69) is 9.72 Å². The number of hydrogen-bond donors (Lipinski definition) is 1. The van der Waals surface area contributed by atoms with Gasteiger partial charge in [-0.2, -0.15) is 0 Å². The van der Waals surface area contributed by atoms with Crippen molar-refractivity contribution in [3.05, 3.63) is 26.2 Å². The summed E-state index contributed by atoms with van der Waals surface area (Å²) in [5, 5.41) is 0. The van der Waals surface area contributed by atoms with Gasteiger partial charge in [-0.05, 0) is 22.6 Å². The number of nitrogens with one attached hydrogen (secondary N) is 1. The van der Waals surface area contributed by atoms with Crippen molar-refractivity contribution >= 4 is 22.6 Å². The molecule has 1 N–H and O–H groups in total. The predicted molar refractivity (Wildman–Crippen MR) is 46.5 cm³/mol. The van der Waals surface area contributed by atoms with Crippen LogP contribution in [-0.4, -0.2) is 11.3 Å². The molecular weight excluding hydrogens is 302 g/mol. The summed E-state index contributed by atoms with van der Waals surface area (Å²) >= 11 is 1.61. The highest BCUT2D eigenvalue weighted by atomic mass is 127. The summed E-state index contributed by atoms with van der Waals surface area (Å²) in [7, 11) is 0. The minimum atomic E-state index is -4.84. The number of rotatable bonds is 1. The van der Waals surface area contributed by atoms with Crippen LogP contribution in [0.5, 0.6) is 5.75 Å². The molecule has 0 radical (unpaired) electrons. The Kier molecular flexibility index (Phi) is 2.84. The zero-order valence-electron chi connectivity index (χ0n) is 5.98. The van der Waals surface area contributed by atoms with Crippen LogP contribution in [0.3, 0.4) is 0 Å². The second-order valence-electron chi connectivity index (χ2n) is 2.04. The lowest BCUT2D eigenvalue weighted by molar-refractivity contribution is -0.275. The van der Waals surface area contributed by atoms with Gasteiger partial charge in [-0.1, -0.05) is 0 Å². The van der Waals surface area contributed by atoms with E-state index in [4.69, 9.17) is 0 Å². The Morgan fingerprint density at radius 2 is 2.00 bits per heavy atom. The Hall–Kier alpha value is -0.730. The van der Waals surface area contributed by atoms with E-state index in [0.29, 0.717) is 0 Å². The summed E-state index contributed by atoms with van der Waals surface area (Å²) in [6, 6.07) is 0. The standard InChI is InChI=1S/C6H3F3INO2/c7-6(8,9)13-4-2-11-1-3(10)5(4)12/h1-2H,(H,11,12). The first-order valence-electron chi connectivity index (χ1n) is 3.02. The molecule has 0 aliphatic carbocycles. The van der Waals surface area contributed by atoms with Crippen molar-refractivity contribution in [2.75, 3.05) is 0 Å². The van der Waals surface area contributed by atoms with Gasteiger partial charge in [0.05, 0.1) is 3.57 Å². The first-order valence-corrected chi connectivity index (χ1v) is 4.10. The molecule has 1 aromatic heterocycles. The fraction of sp³-hybridized carbons (Fsp3) is 0.167. The highest BCUT2D eigenvalue weighted by molar-refractivity contribution is 14.1. The van der Waals surface area contributed by atoms with Crippen LogP contribution in [0, 0.1) is 3.57 Å². The van der Waals surface area contributed by atoms with Crippen LogP contribution in [0.25, 0.3) is 0 Å². The summed E-state index contributed by atoms with van der Waals surface area (Å²) in [5.74, 6) is -0.751. The molecule has 0 fully saturated rings. The first kappa shape index (κ1) is 10.4. The second kappa shape index (κ2) is 3.56. The van der Waals surface area contributed by atoms with Gasteiger partial charge in [-0.15, -0.1) is 13.2 Å². The van der Waals surface area contributed by atoms with E-state index >= 15 is 0 Å². The van der Waals surface area contributed by atoms with E-state index in [-0.39, 0.29) is 3.57 Å². The molecule has 1 heterocycles. The summed E-state index contributed by atoms with van der Waals surface area (Å²) in [4.78, 5) is 13.4. The van der Waals surface area contributed by atoms with Crippen molar-refractivity contribution in [2.24, 2.45) is 0 Å². The lowest BCUT2D eigenvalue weighted by atomic mass is 10.4. The van der Waals surface area contributed by atoms with Crippen LogP contribution < -0.4 is 10.2 Å². The van der Waals surface area contributed by atoms with Crippen LogP contribution in [-0.2, 0) is 0 Å².